The summed E-state index contributed by atoms with van der Waals surface area (Å²) in [5, 5.41) is 10.5. The zero-order valence-electron chi connectivity index (χ0n) is 20.8. The molecule has 11 heteroatoms. The van der Waals surface area contributed by atoms with E-state index < -0.39 is 16.5 Å². The highest BCUT2D eigenvalue weighted by atomic mass is 32.2. The first-order valence-corrected chi connectivity index (χ1v) is 13.6. The van der Waals surface area contributed by atoms with Crippen LogP contribution in [0.2, 0.25) is 0 Å². The van der Waals surface area contributed by atoms with E-state index in [0.29, 0.717) is 35.2 Å². The van der Waals surface area contributed by atoms with Crippen LogP contribution < -0.4 is 16.1 Å². The third-order valence-electron chi connectivity index (χ3n) is 6.12. The average Bonchev–Trinajstić information content (AvgIpc) is 3.51. The first kappa shape index (κ1) is 26.1. The molecule has 1 aromatic heterocycles. The number of carbonyl (C=O) groups excluding carboxylic acids is 1. The Morgan fingerprint density at radius 1 is 1.11 bits per heavy atom. The molecule has 1 atom stereocenters. The van der Waals surface area contributed by atoms with Crippen molar-refractivity contribution in [2.45, 2.75) is 17.7 Å². The molecule has 5 rings (SSSR count). The molecule has 1 aliphatic rings. The van der Waals surface area contributed by atoms with E-state index in [4.69, 9.17) is 15.8 Å². The van der Waals surface area contributed by atoms with Crippen molar-refractivity contribution < 1.29 is 13.6 Å². The van der Waals surface area contributed by atoms with E-state index in [1.54, 1.807) is 20.2 Å². The molecule has 0 fully saturated rings. The largest absolute Gasteiger partial charge is 0.331 e. The van der Waals surface area contributed by atoms with Crippen LogP contribution in [0.3, 0.4) is 0 Å². The zero-order chi connectivity index (χ0) is 26.9. The third kappa shape index (κ3) is 4.96. The normalized spacial score (nSPS) is 17.1. The number of hydrogen-bond donors (Lipinski definition) is 2. The van der Waals surface area contributed by atoms with Crippen LogP contribution in [-0.2, 0) is 4.87 Å². The molecular weight excluding hydrogens is 526 g/mol. The Hall–Kier alpha value is -3.54. The van der Waals surface area contributed by atoms with Crippen molar-refractivity contribution >= 4 is 55.2 Å². The smallest absolute Gasteiger partial charge is 0.321 e. The van der Waals surface area contributed by atoms with Crippen molar-refractivity contribution in [2.24, 2.45) is 10.8 Å². The summed E-state index contributed by atoms with van der Waals surface area (Å²) in [6.07, 6.45) is 1.28. The van der Waals surface area contributed by atoms with Gasteiger partial charge in [0.15, 0.2) is 0 Å². The minimum Gasteiger partial charge on any atom is -0.331 e. The van der Waals surface area contributed by atoms with Gasteiger partial charge < -0.3 is 16.0 Å². The van der Waals surface area contributed by atoms with Crippen LogP contribution in [0.15, 0.2) is 71.8 Å². The predicted octanol–water partition coefficient (Wildman–Crippen LogP) is 6.17. The summed E-state index contributed by atoms with van der Waals surface area (Å²) >= 11 is 2.78. The van der Waals surface area contributed by atoms with Gasteiger partial charge in [-0.3, -0.25) is 0 Å². The van der Waals surface area contributed by atoms with Gasteiger partial charge >= 0.3 is 6.03 Å². The van der Waals surface area contributed by atoms with Crippen LogP contribution in [0.4, 0.5) is 24.4 Å². The van der Waals surface area contributed by atoms with E-state index in [1.807, 2.05) is 47.5 Å². The van der Waals surface area contributed by atoms with E-state index in [0.717, 1.165) is 27.9 Å². The van der Waals surface area contributed by atoms with Crippen LogP contribution in [0.1, 0.15) is 24.0 Å². The number of urea groups is 1. The fraction of sp³-hybridized carbons (Fsp3) is 0.222. The van der Waals surface area contributed by atoms with Crippen molar-refractivity contribution in [2.75, 3.05) is 31.0 Å². The van der Waals surface area contributed by atoms with Gasteiger partial charge in [-0.25, -0.2) is 23.6 Å². The molecule has 0 spiro atoms. The highest BCUT2D eigenvalue weighted by Gasteiger charge is 2.47. The van der Waals surface area contributed by atoms with Gasteiger partial charge in [0.05, 0.1) is 10.2 Å². The highest BCUT2D eigenvalue weighted by molar-refractivity contribution is 8.15. The van der Waals surface area contributed by atoms with Crippen LogP contribution in [0, 0.1) is 11.6 Å². The maximum atomic E-state index is 14.9. The minimum absolute atomic E-state index is 0.0975. The van der Waals surface area contributed by atoms with E-state index in [-0.39, 0.29) is 11.6 Å². The molecule has 0 bridgehead atoms. The molecule has 0 saturated carbocycles. The molecule has 38 heavy (non-hydrogen) atoms. The lowest BCUT2D eigenvalue weighted by Gasteiger charge is -2.35. The van der Waals surface area contributed by atoms with Gasteiger partial charge in [-0.15, -0.1) is 0 Å². The van der Waals surface area contributed by atoms with Gasteiger partial charge in [0.25, 0.3) is 0 Å². The van der Waals surface area contributed by atoms with Crippen LogP contribution in [0.25, 0.3) is 10.2 Å². The van der Waals surface area contributed by atoms with Crippen LogP contribution in [-0.4, -0.2) is 41.6 Å². The van der Waals surface area contributed by atoms with E-state index in [9.17, 15) is 13.6 Å². The summed E-state index contributed by atoms with van der Waals surface area (Å²) in [6, 6.07) is 18.4. The summed E-state index contributed by atoms with van der Waals surface area (Å²) in [5.41, 5.74) is 8.36. The Labute approximate surface area is 227 Å². The summed E-state index contributed by atoms with van der Waals surface area (Å²) in [7, 11) is 3.34. The summed E-state index contributed by atoms with van der Waals surface area (Å²) in [4.78, 5) is 17.7. The molecule has 0 aliphatic carbocycles. The molecule has 3 aromatic carbocycles. The minimum atomic E-state index is -0.773. The molecule has 0 saturated heterocycles. The van der Waals surface area contributed by atoms with Gasteiger partial charge in [0.1, 0.15) is 21.5 Å². The van der Waals surface area contributed by atoms with Crippen molar-refractivity contribution in [1.29, 1.82) is 0 Å². The van der Waals surface area contributed by atoms with Crippen molar-refractivity contribution in [3.05, 3.63) is 89.5 Å². The number of thiazole rings is 1. The van der Waals surface area contributed by atoms with Crippen molar-refractivity contribution in [1.82, 2.24) is 9.88 Å². The summed E-state index contributed by atoms with van der Waals surface area (Å²) in [6.45, 7) is 0.460. The number of hydrogen-bond acceptors (Lipinski definition) is 7. The fourth-order valence-corrected chi connectivity index (χ4v) is 6.71. The lowest BCUT2D eigenvalue weighted by molar-refractivity contribution is 0.230. The quantitative estimate of drug-likeness (QED) is 0.286. The number of nitrogens with zero attached hydrogens (tertiary/aromatic N) is 4. The standard InChI is InChI=1S/C27H26F2N6OS2/c1-34(2)25(36)31-19-10-12-22-23(16-19)37-26(32-22)35-27(13-6-14-30,17-7-4-3-5-8-17)38-24(33-35)20-15-18(28)9-11-21(20)29/h3-5,7-12,15-16H,6,13-14,30H2,1-2H3,(H,31,36). The van der Waals surface area contributed by atoms with Gasteiger partial charge in [0, 0.05) is 25.3 Å². The Bertz CT molecular complexity index is 1510. The van der Waals surface area contributed by atoms with Crippen molar-refractivity contribution in [3.63, 3.8) is 0 Å². The first-order valence-electron chi connectivity index (χ1n) is 12.0. The average molecular weight is 553 g/mol. The molecule has 2 amide bonds. The SMILES string of the molecule is CN(C)C(=O)Nc1ccc2nc(N3N=C(c4cc(F)ccc4F)SC3(CCCN)c3ccccc3)sc2c1. The number of thioether (sulfide) groups is 1. The number of anilines is 2. The number of fused-ring (bicyclic) bond motifs is 1. The Balaban J connectivity index is 1.64. The first-order chi connectivity index (χ1) is 18.3. The number of hydrazone groups is 1. The van der Waals surface area contributed by atoms with Crippen LogP contribution >= 0.6 is 23.1 Å². The van der Waals surface area contributed by atoms with E-state index >= 15 is 0 Å². The Kier molecular flexibility index (Phi) is 7.33. The Morgan fingerprint density at radius 3 is 2.63 bits per heavy atom. The number of rotatable bonds is 7. The molecule has 2 heterocycles. The number of amides is 2. The number of aromatic nitrogens is 1. The van der Waals surface area contributed by atoms with E-state index in [2.05, 4.69) is 5.32 Å². The molecule has 4 aromatic rings. The summed E-state index contributed by atoms with van der Waals surface area (Å²) in [5.74, 6) is -1.09. The topological polar surface area (TPSA) is 86.9 Å². The number of halogens is 2. The second-order valence-electron chi connectivity index (χ2n) is 8.99. The lowest BCUT2D eigenvalue weighted by atomic mass is 10.0. The molecule has 0 radical (unpaired) electrons. The molecule has 3 N–H and O–H groups in total. The summed E-state index contributed by atoms with van der Waals surface area (Å²) < 4.78 is 29.9. The second-order valence-corrected chi connectivity index (χ2v) is 11.3. The number of nitrogens with one attached hydrogen (secondary N) is 1. The monoisotopic (exact) mass is 552 g/mol. The fourth-order valence-electron chi connectivity index (χ4n) is 4.20. The number of benzene rings is 3. The molecule has 1 unspecified atom stereocenters. The molecule has 1 aliphatic heterocycles. The second kappa shape index (κ2) is 10.7. The highest BCUT2D eigenvalue weighted by Crippen LogP contribution is 2.53. The van der Waals surface area contributed by atoms with Gasteiger partial charge in [-0.05, 0) is 61.3 Å². The zero-order valence-corrected chi connectivity index (χ0v) is 22.5. The van der Waals surface area contributed by atoms with Gasteiger partial charge in [-0.2, -0.15) is 5.10 Å². The van der Waals surface area contributed by atoms with Crippen LogP contribution in [0.5, 0.6) is 0 Å². The molecule has 7 nitrogen and oxygen atoms in total. The van der Waals surface area contributed by atoms with Gasteiger partial charge in [0.2, 0.25) is 5.13 Å². The Morgan fingerprint density at radius 2 is 1.89 bits per heavy atom. The molecule has 196 valence electrons. The third-order valence-corrected chi connectivity index (χ3v) is 8.56. The molecular formula is C27H26F2N6OS2. The van der Waals surface area contributed by atoms with Gasteiger partial charge in [-0.1, -0.05) is 53.4 Å². The van der Waals surface area contributed by atoms with E-state index in [1.165, 1.54) is 34.1 Å². The lowest BCUT2D eigenvalue weighted by Crippen LogP contribution is -2.38. The van der Waals surface area contributed by atoms with Crippen molar-refractivity contribution in [3.8, 4) is 0 Å². The predicted molar refractivity (Wildman–Crippen MR) is 152 cm³/mol. The maximum absolute atomic E-state index is 14.9. The number of nitrogens with two attached hydrogens (primary N) is 1. The maximum Gasteiger partial charge on any atom is 0.321 e. The number of carbonyl (C=O) groups is 1.